The molecule has 0 saturated carbocycles. The van der Waals surface area contributed by atoms with Gasteiger partial charge in [0, 0.05) is 5.56 Å². The van der Waals surface area contributed by atoms with Crippen LogP contribution in [0, 0.1) is 7.11 Å². The van der Waals surface area contributed by atoms with Gasteiger partial charge in [0.15, 0.2) is 0 Å². The summed E-state index contributed by atoms with van der Waals surface area (Å²) in [7, 11) is 3.36. The zero-order chi connectivity index (χ0) is 10.2. The summed E-state index contributed by atoms with van der Waals surface area (Å²) in [6.45, 7) is 3.42. The fraction of sp³-hybridized carbons (Fsp3) is 0.417. The van der Waals surface area contributed by atoms with Crippen molar-refractivity contribution in [3.63, 3.8) is 0 Å². The lowest BCUT2D eigenvalue weighted by Crippen LogP contribution is -2.00. The highest BCUT2D eigenvalue weighted by Gasteiger charge is 2.01. The topological polar surface area (TPSA) is 18.5 Å². The van der Waals surface area contributed by atoms with E-state index in [2.05, 4.69) is 14.0 Å². The Kier molecular flexibility index (Phi) is 5.08. The Morgan fingerprint density at radius 1 is 1.29 bits per heavy atom. The number of rotatable bonds is 6. The van der Waals surface area contributed by atoms with Crippen molar-refractivity contribution < 1.29 is 9.47 Å². The van der Waals surface area contributed by atoms with E-state index in [9.17, 15) is 0 Å². The maximum atomic E-state index is 5.62. The maximum Gasteiger partial charge on any atom is 0.124 e. The van der Waals surface area contributed by atoms with E-state index in [-0.39, 0.29) is 0 Å². The van der Waals surface area contributed by atoms with E-state index in [0.717, 1.165) is 30.8 Å². The van der Waals surface area contributed by atoms with Crippen LogP contribution in [0.15, 0.2) is 24.3 Å². The van der Waals surface area contributed by atoms with Gasteiger partial charge in [-0.25, -0.2) is 0 Å². The molecule has 0 N–H and O–H groups in total. The number of ether oxygens (including phenoxy) is 2. The third kappa shape index (κ3) is 3.38. The molecular weight excluding hydrogens is 176 g/mol. The van der Waals surface area contributed by atoms with Crippen LogP contribution >= 0.6 is 0 Å². The molecule has 1 rings (SSSR count). The van der Waals surface area contributed by atoms with Crippen LogP contribution in [-0.4, -0.2) is 6.61 Å². The summed E-state index contributed by atoms with van der Waals surface area (Å²) >= 11 is 0. The zero-order valence-electron chi connectivity index (χ0n) is 8.66. The second-order valence-corrected chi connectivity index (χ2v) is 3.16. The third-order valence-electron chi connectivity index (χ3n) is 1.99. The average Bonchev–Trinajstić information content (AvgIpc) is 2.21. The monoisotopic (exact) mass is 193 g/mol. The van der Waals surface area contributed by atoms with Gasteiger partial charge in [-0.3, -0.25) is 0 Å². The highest BCUT2D eigenvalue weighted by Crippen LogP contribution is 2.18. The van der Waals surface area contributed by atoms with Crippen LogP contribution in [0.5, 0.6) is 5.75 Å². The standard InChI is InChI=1S/C12H17O2/c1-3-4-9-14-12-8-6-5-7-11(12)10-13-2/h5-8H,2-4,9-10H2,1H3. The van der Waals surface area contributed by atoms with Crippen molar-refractivity contribution in [1.29, 1.82) is 0 Å². The van der Waals surface area contributed by atoms with E-state index in [1.165, 1.54) is 0 Å². The van der Waals surface area contributed by atoms with Crippen molar-refractivity contribution in [3.05, 3.63) is 36.9 Å². The van der Waals surface area contributed by atoms with Gasteiger partial charge < -0.3 is 9.47 Å². The molecule has 0 saturated heterocycles. The van der Waals surface area contributed by atoms with Crippen molar-refractivity contribution >= 4 is 0 Å². The highest BCUT2D eigenvalue weighted by atomic mass is 16.5. The Morgan fingerprint density at radius 2 is 2.07 bits per heavy atom. The Hall–Kier alpha value is -1.02. The van der Waals surface area contributed by atoms with Crippen LogP contribution in [0.3, 0.4) is 0 Å². The summed E-state index contributed by atoms with van der Waals surface area (Å²) in [5.41, 5.74) is 1.05. The fourth-order valence-corrected chi connectivity index (χ4v) is 1.20. The molecular formula is C12H17O2. The molecule has 0 atom stereocenters. The van der Waals surface area contributed by atoms with E-state index >= 15 is 0 Å². The summed E-state index contributed by atoms with van der Waals surface area (Å²) in [4.78, 5) is 0. The van der Waals surface area contributed by atoms with Crippen molar-refractivity contribution in [3.8, 4) is 5.75 Å². The molecule has 0 bridgehead atoms. The summed E-state index contributed by atoms with van der Waals surface area (Å²) < 4.78 is 10.5. The molecule has 0 aliphatic rings. The lowest BCUT2D eigenvalue weighted by Gasteiger charge is -2.09. The minimum absolute atomic E-state index is 0.502. The summed E-state index contributed by atoms with van der Waals surface area (Å²) in [5.74, 6) is 0.907. The molecule has 0 aromatic heterocycles. The predicted molar refractivity (Wildman–Crippen MR) is 57.0 cm³/mol. The highest BCUT2D eigenvalue weighted by molar-refractivity contribution is 5.32. The average molecular weight is 193 g/mol. The van der Waals surface area contributed by atoms with Gasteiger partial charge >= 0.3 is 0 Å². The molecule has 0 spiro atoms. The Balaban J connectivity index is 2.55. The second-order valence-electron chi connectivity index (χ2n) is 3.16. The summed E-state index contributed by atoms with van der Waals surface area (Å²) in [6.07, 6.45) is 2.23. The Labute approximate surface area is 85.8 Å². The van der Waals surface area contributed by atoms with Gasteiger partial charge in [0.1, 0.15) is 5.75 Å². The molecule has 2 nitrogen and oxygen atoms in total. The van der Waals surface area contributed by atoms with Crippen molar-refractivity contribution in [2.75, 3.05) is 6.61 Å². The molecule has 1 aromatic rings. The molecule has 0 unspecified atom stereocenters. The molecule has 0 aliphatic heterocycles. The van der Waals surface area contributed by atoms with Crippen molar-refractivity contribution in [2.24, 2.45) is 0 Å². The number of para-hydroxylation sites is 1. The third-order valence-corrected chi connectivity index (χ3v) is 1.99. The van der Waals surface area contributed by atoms with Gasteiger partial charge in [0.05, 0.1) is 20.3 Å². The van der Waals surface area contributed by atoms with E-state index < -0.39 is 0 Å². The number of unbranched alkanes of at least 4 members (excludes halogenated alkanes) is 1. The first-order chi connectivity index (χ1) is 6.88. The van der Waals surface area contributed by atoms with Gasteiger partial charge in [-0.05, 0) is 12.5 Å². The predicted octanol–water partition coefficient (Wildman–Crippen LogP) is 3.17. The normalized spacial score (nSPS) is 10.1. The molecule has 0 fully saturated rings. The van der Waals surface area contributed by atoms with Crippen LogP contribution in [0.25, 0.3) is 0 Å². The molecule has 2 heteroatoms. The summed E-state index contributed by atoms with van der Waals surface area (Å²) in [6, 6.07) is 7.89. The van der Waals surface area contributed by atoms with Gasteiger partial charge in [-0.15, -0.1) is 0 Å². The lowest BCUT2D eigenvalue weighted by atomic mass is 10.2. The van der Waals surface area contributed by atoms with Crippen LogP contribution in [-0.2, 0) is 11.3 Å². The molecule has 0 amide bonds. The number of hydrogen-bond donors (Lipinski definition) is 0. The maximum absolute atomic E-state index is 5.62. The van der Waals surface area contributed by atoms with Crippen LogP contribution in [0.2, 0.25) is 0 Å². The molecule has 14 heavy (non-hydrogen) atoms. The lowest BCUT2D eigenvalue weighted by molar-refractivity contribution is 0.220. The van der Waals surface area contributed by atoms with E-state index in [1.54, 1.807) is 0 Å². The van der Waals surface area contributed by atoms with Crippen LogP contribution < -0.4 is 4.74 Å². The van der Waals surface area contributed by atoms with Gasteiger partial charge in [0.2, 0.25) is 0 Å². The molecule has 0 aliphatic carbocycles. The second kappa shape index (κ2) is 6.44. The van der Waals surface area contributed by atoms with Crippen molar-refractivity contribution in [2.45, 2.75) is 26.4 Å². The quantitative estimate of drug-likeness (QED) is 0.646. The summed E-state index contributed by atoms with van der Waals surface area (Å²) in [5, 5.41) is 0. The van der Waals surface area contributed by atoms with Gasteiger partial charge in [-0.1, -0.05) is 31.5 Å². The van der Waals surface area contributed by atoms with Crippen LogP contribution in [0.4, 0.5) is 0 Å². The Bertz CT molecular complexity index is 258. The molecule has 0 heterocycles. The van der Waals surface area contributed by atoms with Gasteiger partial charge in [0.25, 0.3) is 0 Å². The zero-order valence-corrected chi connectivity index (χ0v) is 8.66. The Morgan fingerprint density at radius 3 is 2.79 bits per heavy atom. The number of hydrogen-bond acceptors (Lipinski definition) is 2. The smallest absolute Gasteiger partial charge is 0.124 e. The van der Waals surface area contributed by atoms with E-state index in [0.29, 0.717) is 6.61 Å². The van der Waals surface area contributed by atoms with Crippen LogP contribution in [0.1, 0.15) is 25.3 Å². The van der Waals surface area contributed by atoms with E-state index in [1.807, 2.05) is 24.3 Å². The number of benzene rings is 1. The molecule has 77 valence electrons. The molecule has 1 aromatic carbocycles. The first-order valence-electron chi connectivity index (χ1n) is 4.96. The first-order valence-corrected chi connectivity index (χ1v) is 4.96. The minimum Gasteiger partial charge on any atom is -0.493 e. The molecule has 1 radical (unpaired) electrons. The largest absolute Gasteiger partial charge is 0.493 e. The van der Waals surface area contributed by atoms with Gasteiger partial charge in [-0.2, -0.15) is 0 Å². The SMILES string of the molecule is [CH2]OCc1ccccc1OCCCC. The minimum atomic E-state index is 0.502. The van der Waals surface area contributed by atoms with E-state index in [4.69, 9.17) is 9.47 Å². The fourth-order valence-electron chi connectivity index (χ4n) is 1.20. The first kappa shape index (κ1) is 11.1. The van der Waals surface area contributed by atoms with Crippen molar-refractivity contribution in [1.82, 2.24) is 0 Å².